The molecule has 0 saturated carbocycles. The summed E-state index contributed by atoms with van der Waals surface area (Å²) in [4.78, 5) is 17.4. The Bertz CT molecular complexity index is 652. The summed E-state index contributed by atoms with van der Waals surface area (Å²) in [5.74, 6) is -1.26. The van der Waals surface area contributed by atoms with Gasteiger partial charge in [-0.1, -0.05) is 6.07 Å². The van der Waals surface area contributed by atoms with E-state index in [2.05, 4.69) is 4.98 Å². The molecule has 1 unspecified atom stereocenters. The molecule has 0 fully saturated rings. The van der Waals surface area contributed by atoms with Crippen LogP contribution in [-0.4, -0.2) is 27.8 Å². The molecule has 1 aromatic rings. The minimum absolute atomic E-state index is 0.0689. The number of pyridine rings is 1. The van der Waals surface area contributed by atoms with Crippen LogP contribution in [0.1, 0.15) is 31.2 Å². The summed E-state index contributed by atoms with van der Waals surface area (Å²) >= 11 is 0. The fourth-order valence-electron chi connectivity index (χ4n) is 3.07. The fraction of sp³-hybridized carbons (Fsp3) is 0.467. The van der Waals surface area contributed by atoms with Crippen LogP contribution >= 0.6 is 0 Å². The highest BCUT2D eigenvalue weighted by atomic mass is 19.4. The number of hydrogen-bond acceptors (Lipinski definition) is 3. The number of nitrogens with zero attached hydrogens (tertiary/aromatic N) is 2. The third kappa shape index (κ3) is 1.95. The van der Waals surface area contributed by atoms with E-state index in [-0.39, 0.29) is 23.5 Å². The van der Waals surface area contributed by atoms with Gasteiger partial charge in [0, 0.05) is 17.5 Å². The van der Waals surface area contributed by atoms with Crippen LogP contribution in [-0.2, 0) is 4.79 Å². The topological polar surface area (TPSA) is 53.4 Å². The number of carbonyl (C=O) groups excluding carboxylic acids is 1. The Morgan fingerprint density at radius 3 is 2.55 bits per heavy atom. The van der Waals surface area contributed by atoms with Crippen molar-refractivity contribution in [3.8, 4) is 0 Å². The maximum Gasteiger partial charge on any atom is 0.430 e. The van der Waals surface area contributed by atoms with Crippen LogP contribution in [0, 0.1) is 6.92 Å². The lowest BCUT2D eigenvalue weighted by Crippen LogP contribution is -2.54. The van der Waals surface area contributed by atoms with Crippen LogP contribution in [0.2, 0.25) is 0 Å². The molecule has 2 heterocycles. The summed E-state index contributed by atoms with van der Waals surface area (Å²) in [6.07, 6.45) is -1.95. The van der Waals surface area contributed by atoms with E-state index in [1.165, 1.54) is 12.3 Å². The zero-order valence-corrected chi connectivity index (χ0v) is 11.9. The van der Waals surface area contributed by atoms with Crippen molar-refractivity contribution in [1.29, 1.82) is 0 Å². The van der Waals surface area contributed by atoms with Gasteiger partial charge >= 0.3 is 6.18 Å². The first kappa shape index (κ1) is 15.0. The summed E-state index contributed by atoms with van der Waals surface area (Å²) in [7, 11) is 0. The molecule has 3 rings (SSSR count). The zero-order valence-electron chi connectivity index (χ0n) is 11.9. The number of hydrogen-bond donors (Lipinski definition) is 1. The number of aryl methyl sites for hydroxylation is 1. The van der Waals surface area contributed by atoms with Gasteiger partial charge in [-0.05, 0) is 44.2 Å². The van der Waals surface area contributed by atoms with Crippen molar-refractivity contribution in [2.24, 2.45) is 0 Å². The number of amides is 1. The number of alkyl halides is 3. The lowest BCUT2D eigenvalue weighted by atomic mass is 9.86. The molecule has 1 aliphatic carbocycles. The first-order chi connectivity index (χ1) is 10.3. The van der Waals surface area contributed by atoms with Crippen molar-refractivity contribution >= 4 is 11.7 Å². The molecule has 1 aliphatic heterocycles. The zero-order chi connectivity index (χ0) is 16.1. The lowest BCUT2D eigenvalue weighted by molar-refractivity contribution is -0.235. The van der Waals surface area contributed by atoms with E-state index >= 15 is 0 Å². The van der Waals surface area contributed by atoms with Crippen molar-refractivity contribution in [1.82, 2.24) is 4.98 Å². The number of carbonyl (C=O) groups is 1. The minimum Gasteiger partial charge on any atom is -0.369 e. The molecule has 7 heteroatoms. The van der Waals surface area contributed by atoms with E-state index in [1.807, 2.05) is 0 Å². The molecule has 22 heavy (non-hydrogen) atoms. The maximum absolute atomic E-state index is 13.4. The molecule has 0 radical (unpaired) electrons. The summed E-state index contributed by atoms with van der Waals surface area (Å²) in [6, 6.07) is 3.16. The van der Waals surface area contributed by atoms with Crippen LogP contribution in [0.5, 0.6) is 0 Å². The normalized spacial score (nSPS) is 25.7. The van der Waals surface area contributed by atoms with Gasteiger partial charge in [0.1, 0.15) is 5.82 Å². The molecule has 0 bridgehead atoms. The number of anilines is 1. The van der Waals surface area contributed by atoms with Crippen LogP contribution in [0.15, 0.2) is 29.6 Å². The van der Waals surface area contributed by atoms with Gasteiger partial charge < -0.3 is 5.11 Å². The van der Waals surface area contributed by atoms with Crippen LogP contribution < -0.4 is 4.90 Å². The van der Waals surface area contributed by atoms with E-state index in [0.29, 0.717) is 19.3 Å². The highest BCUT2D eigenvalue weighted by molar-refractivity contribution is 6.08. The van der Waals surface area contributed by atoms with E-state index < -0.39 is 17.7 Å². The second-order valence-electron chi connectivity index (χ2n) is 5.67. The van der Waals surface area contributed by atoms with Gasteiger partial charge in [0.05, 0.1) is 0 Å². The van der Waals surface area contributed by atoms with Crippen LogP contribution in [0.4, 0.5) is 19.0 Å². The number of rotatable bonds is 1. The summed E-state index contributed by atoms with van der Waals surface area (Å²) < 4.78 is 40.1. The van der Waals surface area contributed by atoms with Crippen molar-refractivity contribution in [3.63, 3.8) is 0 Å². The third-order valence-electron chi connectivity index (χ3n) is 4.19. The Morgan fingerprint density at radius 1 is 1.27 bits per heavy atom. The van der Waals surface area contributed by atoms with Gasteiger partial charge in [0.2, 0.25) is 0 Å². The lowest BCUT2D eigenvalue weighted by Gasteiger charge is -2.27. The average molecular weight is 312 g/mol. The first-order valence-corrected chi connectivity index (χ1v) is 7.05. The van der Waals surface area contributed by atoms with Crippen LogP contribution in [0.25, 0.3) is 0 Å². The standard InChI is InChI=1S/C15H15F3N2O2/c1-9-6-7-12(19-8-9)20-11-5-3-2-4-10(11)14(22,13(20)21)15(16,17)18/h6-8,22H,2-5H2,1H3. The molecule has 1 N–H and O–H groups in total. The molecule has 0 aromatic carbocycles. The molecule has 1 aromatic heterocycles. The maximum atomic E-state index is 13.4. The molecule has 1 atom stereocenters. The Balaban J connectivity index is 2.15. The van der Waals surface area contributed by atoms with Gasteiger partial charge in [0.25, 0.3) is 11.5 Å². The SMILES string of the molecule is Cc1ccc(N2C(=O)C(O)(C(F)(F)F)C3=C2CCCC3)nc1. The Kier molecular flexibility index (Phi) is 3.28. The molecule has 1 amide bonds. The number of halogens is 3. The van der Waals surface area contributed by atoms with Crippen molar-refractivity contribution < 1.29 is 23.1 Å². The van der Waals surface area contributed by atoms with E-state index in [4.69, 9.17) is 0 Å². The predicted molar refractivity (Wildman–Crippen MR) is 73.0 cm³/mol. The van der Waals surface area contributed by atoms with Crippen LogP contribution in [0.3, 0.4) is 0 Å². The average Bonchev–Trinajstić information content (AvgIpc) is 2.70. The summed E-state index contributed by atoms with van der Waals surface area (Å²) in [5, 5.41) is 10.2. The third-order valence-corrected chi connectivity index (χ3v) is 4.19. The highest BCUT2D eigenvalue weighted by Gasteiger charge is 2.67. The van der Waals surface area contributed by atoms with Gasteiger partial charge in [0.15, 0.2) is 0 Å². The van der Waals surface area contributed by atoms with E-state index in [9.17, 15) is 23.1 Å². The molecular weight excluding hydrogens is 297 g/mol. The second-order valence-corrected chi connectivity index (χ2v) is 5.67. The second kappa shape index (κ2) is 4.81. The molecule has 118 valence electrons. The first-order valence-electron chi connectivity index (χ1n) is 7.05. The minimum atomic E-state index is -5.04. The molecule has 0 spiro atoms. The Hall–Kier alpha value is -1.89. The predicted octanol–water partition coefficient (Wildman–Crippen LogP) is 2.86. The number of aromatic nitrogens is 1. The smallest absolute Gasteiger partial charge is 0.369 e. The van der Waals surface area contributed by atoms with Crippen molar-refractivity contribution in [3.05, 3.63) is 35.2 Å². The fourth-order valence-corrected chi connectivity index (χ4v) is 3.07. The quantitative estimate of drug-likeness (QED) is 0.867. The van der Waals surface area contributed by atoms with Gasteiger partial charge in [-0.15, -0.1) is 0 Å². The van der Waals surface area contributed by atoms with E-state index in [0.717, 1.165) is 10.5 Å². The largest absolute Gasteiger partial charge is 0.430 e. The molecule has 4 nitrogen and oxygen atoms in total. The Labute approximate surface area is 125 Å². The van der Waals surface area contributed by atoms with Crippen molar-refractivity contribution in [2.75, 3.05) is 4.90 Å². The molecular formula is C15H15F3N2O2. The monoisotopic (exact) mass is 312 g/mol. The highest BCUT2D eigenvalue weighted by Crippen LogP contribution is 2.50. The Morgan fingerprint density at radius 2 is 1.95 bits per heavy atom. The van der Waals surface area contributed by atoms with Gasteiger partial charge in [-0.25, -0.2) is 4.98 Å². The summed E-state index contributed by atoms with van der Waals surface area (Å²) in [6.45, 7) is 1.79. The summed E-state index contributed by atoms with van der Waals surface area (Å²) in [5.41, 5.74) is -2.57. The van der Waals surface area contributed by atoms with E-state index in [1.54, 1.807) is 13.0 Å². The number of allylic oxidation sites excluding steroid dienone is 1. The van der Waals surface area contributed by atoms with Gasteiger partial charge in [-0.2, -0.15) is 13.2 Å². The number of aliphatic hydroxyl groups is 1. The van der Waals surface area contributed by atoms with Gasteiger partial charge in [-0.3, -0.25) is 9.69 Å². The molecule has 0 saturated heterocycles. The molecule has 2 aliphatic rings. The van der Waals surface area contributed by atoms with Crippen molar-refractivity contribution in [2.45, 2.75) is 44.4 Å².